The number of allylic oxidation sites excluding steroid dienone is 2. The van der Waals surface area contributed by atoms with E-state index in [4.69, 9.17) is 0 Å². The number of fused-ring (bicyclic) bond motifs is 5. The molecule has 0 spiro atoms. The lowest BCUT2D eigenvalue weighted by Gasteiger charge is -2.62. The second kappa shape index (κ2) is 6.68. The first-order valence-electron chi connectivity index (χ1n) is 11.7. The van der Waals surface area contributed by atoms with Crippen molar-refractivity contribution in [1.29, 1.82) is 0 Å². The standard InChI is InChI=1S/C26H36N2O/c1-17-14-19(16-27-15-17)21-7-8-22-20-6-9-24-26(4,11-5-13-28(24)18(2)29)23(20)10-12-25(21,22)3/h7,14-16,20,22-24H,5-6,8-13H2,1-4H3/t20?,22-,23-,24?,25+,26+/m0/s1. The zero-order chi connectivity index (χ0) is 20.4. The molecule has 5 rings (SSSR count). The lowest BCUT2D eigenvalue weighted by atomic mass is 9.46. The first kappa shape index (κ1) is 19.3. The van der Waals surface area contributed by atoms with Gasteiger partial charge in [-0.15, -0.1) is 0 Å². The molecular weight excluding hydrogens is 356 g/mol. The Morgan fingerprint density at radius 1 is 1.14 bits per heavy atom. The molecule has 2 heterocycles. The number of aryl methyl sites for hydroxylation is 1. The minimum Gasteiger partial charge on any atom is -0.339 e. The monoisotopic (exact) mass is 392 g/mol. The minimum atomic E-state index is 0.286. The molecule has 1 aromatic rings. The van der Waals surface area contributed by atoms with E-state index in [0.29, 0.717) is 11.5 Å². The summed E-state index contributed by atoms with van der Waals surface area (Å²) in [4.78, 5) is 19.0. The summed E-state index contributed by atoms with van der Waals surface area (Å²) in [6.07, 6.45) is 15.4. The zero-order valence-electron chi connectivity index (χ0n) is 18.6. The highest BCUT2D eigenvalue weighted by Crippen LogP contribution is 2.66. The van der Waals surface area contributed by atoms with E-state index in [1.165, 1.54) is 56.1 Å². The third-order valence-corrected chi connectivity index (χ3v) is 9.48. The first-order valence-corrected chi connectivity index (χ1v) is 11.7. The van der Waals surface area contributed by atoms with E-state index in [9.17, 15) is 4.79 Å². The van der Waals surface area contributed by atoms with Crippen molar-refractivity contribution in [2.75, 3.05) is 6.54 Å². The third-order valence-electron chi connectivity index (χ3n) is 9.48. The maximum atomic E-state index is 12.3. The van der Waals surface area contributed by atoms with Crippen LogP contribution in [0.3, 0.4) is 0 Å². The number of piperidine rings is 1. The molecule has 3 nitrogen and oxygen atoms in total. The Hall–Kier alpha value is -1.64. The predicted molar refractivity (Wildman–Crippen MR) is 117 cm³/mol. The van der Waals surface area contributed by atoms with Gasteiger partial charge in [0.25, 0.3) is 0 Å². The van der Waals surface area contributed by atoms with E-state index in [0.717, 1.165) is 24.3 Å². The molecule has 1 saturated heterocycles. The van der Waals surface area contributed by atoms with E-state index in [1.54, 1.807) is 12.5 Å². The summed E-state index contributed by atoms with van der Waals surface area (Å²) < 4.78 is 0. The molecule has 1 aromatic heterocycles. The average Bonchev–Trinajstić information content (AvgIpc) is 3.04. The highest BCUT2D eigenvalue weighted by Gasteiger charge is 2.59. The number of nitrogens with zero attached hydrogens (tertiary/aromatic N) is 2. The molecule has 3 fully saturated rings. The quantitative estimate of drug-likeness (QED) is 0.620. The van der Waals surface area contributed by atoms with E-state index in [-0.39, 0.29) is 11.3 Å². The van der Waals surface area contributed by atoms with Crippen molar-refractivity contribution in [2.24, 2.45) is 28.6 Å². The molecule has 6 atom stereocenters. The van der Waals surface area contributed by atoms with Crippen molar-refractivity contribution in [3.63, 3.8) is 0 Å². The molecular formula is C26H36N2O. The van der Waals surface area contributed by atoms with Gasteiger partial charge < -0.3 is 4.90 Å². The van der Waals surface area contributed by atoms with Gasteiger partial charge in [-0.3, -0.25) is 9.78 Å². The van der Waals surface area contributed by atoms with E-state index in [2.05, 4.69) is 49.0 Å². The maximum absolute atomic E-state index is 12.3. The second-order valence-corrected chi connectivity index (χ2v) is 10.9. The SMILES string of the molecule is CC(=O)N1CCC[C@@]2(C)C1CCC1[C@@H]2CC[C@]2(C)C(c3cncc(C)c3)=CC[C@@H]12. The van der Waals surface area contributed by atoms with Crippen LogP contribution in [0.15, 0.2) is 24.5 Å². The van der Waals surface area contributed by atoms with Crippen molar-refractivity contribution in [3.05, 3.63) is 35.7 Å². The fourth-order valence-corrected chi connectivity index (χ4v) is 8.18. The fraction of sp³-hybridized carbons (Fsp3) is 0.692. The molecule has 3 heteroatoms. The highest BCUT2D eigenvalue weighted by atomic mass is 16.2. The van der Waals surface area contributed by atoms with Crippen molar-refractivity contribution < 1.29 is 4.79 Å². The molecule has 29 heavy (non-hydrogen) atoms. The van der Waals surface area contributed by atoms with Gasteiger partial charge in [-0.05, 0) is 103 Å². The molecule has 0 N–H and O–H groups in total. The van der Waals surface area contributed by atoms with Crippen LogP contribution in [0.5, 0.6) is 0 Å². The molecule has 0 radical (unpaired) electrons. The van der Waals surface area contributed by atoms with Gasteiger partial charge in [0, 0.05) is 31.9 Å². The number of pyridine rings is 1. The van der Waals surface area contributed by atoms with Crippen LogP contribution in [-0.2, 0) is 4.79 Å². The normalized spacial score (nSPS) is 41.2. The van der Waals surface area contributed by atoms with Crippen LogP contribution < -0.4 is 0 Å². The number of carbonyl (C=O) groups excluding carboxylic acids is 1. The number of rotatable bonds is 1. The fourth-order valence-electron chi connectivity index (χ4n) is 8.18. The summed E-state index contributed by atoms with van der Waals surface area (Å²) in [5.74, 6) is 2.61. The van der Waals surface area contributed by atoms with Gasteiger partial charge in [-0.25, -0.2) is 0 Å². The van der Waals surface area contributed by atoms with E-state index < -0.39 is 0 Å². The summed E-state index contributed by atoms with van der Waals surface area (Å²) in [6.45, 7) is 9.96. The number of aromatic nitrogens is 1. The lowest BCUT2D eigenvalue weighted by Crippen LogP contribution is -2.61. The van der Waals surface area contributed by atoms with E-state index in [1.807, 2.05) is 6.20 Å². The van der Waals surface area contributed by atoms with Gasteiger partial charge in [0.05, 0.1) is 0 Å². The maximum Gasteiger partial charge on any atom is 0.219 e. The van der Waals surface area contributed by atoms with Crippen molar-refractivity contribution in [2.45, 2.75) is 78.7 Å². The molecule has 4 aliphatic rings. The Morgan fingerprint density at radius 2 is 1.97 bits per heavy atom. The van der Waals surface area contributed by atoms with Gasteiger partial charge in [0.15, 0.2) is 0 Å². The minimum absolute atomic E-state index is 0.286. The number of amides is 1. The Balaban J connectivity index is 1.45. The zero-order valence-corrected chi connectivity index (χ0v) is 18.6. The van der Waals surface area contributed by atoms with Crippen LogP contribution in [0.25, 0.3) is 5.57 Å². The molecule has 0 bridgehead atoms. The smallest absolute Gasteiger partial charge is 0.219 e. The molecule has 2 saturated carbocycles. The van der Waals surface area contributed by atoms with Crippen molar-refractivity contribution >= 4 is 11.5 Å². The van der Waals surface area contributed by atoms with Crippen LogP contribution in [-0.4, -0.2) is 28.4 Å². The van der Waals surface area contributed by atoms with Gasteiger partial charge in [-0.1, -0.05) is 19.9 Å². The van der Waals surface area contributed by atoms with Crippen LogP contribution in [0.4, 0.5) is 0 Å². The molecule has 1 aliphatic heterocycles. The number of hydrogen-bond donors (Lipinski definition) is 0. The van der Waals surface area contributed by atoms with Crippen LogP contribution in [0.2, 0.25) is 0 Å². The third kappa shape index (κ3) is 2.75. The van der Waals surface area contributed by atoms with Gasteiger partial charge in [-0.2, -0.15) is 0 Å². The first-order chi connectivity index (χ1) is 13.8. The van der Waals surface area contributed by atoms with Gasteiger partial charge >= 0.3 is 0 Å². The summed E-state index contributed by atoms with van der Waals surface area (Å²) in [5.41, 5.74) is 4.74. The summed E-state index contributed by atoms with van der Waals surface area (Å²) >= 11 is 0. The summed E-state index contributed by atoms with van der Waals surface area (Å²) in [7, 11) is 0. The topological polar surface area (TPSA) is 33.2 Å². The van der Waals surface area contributed by atoms with Crippen LogP contribution in [0, 0.1) is 35.5 Å². The number of carbonyl (C=O) groups is 1. The Labute approximate surface area is 176 Å². The lowest BCUT2D eigenvalue weighted by molar-refractivity contribution is -0.151. The van der Waals surface area contributed by atoms with Crippen molar-refractivity contribution in [1.82, 2.24) is 9.88 Å². The highest BCUT2D eigenvalue weighted by molar-refractivity contribution is 5.74. The number of likely N-dealkylation sites (tertiary alicyclic amines) is 1. The molecule has 3 aliphatic carbocycles. The Morgan fingerprint density at radius 3 is 2.72 bits per heavy atom. The summed E-state index contributed by atoms with van der Waals surface area (Å²) in [6, 6.07) is 2.79. The molecule has 156 valence electrons. The van der Waals surface area contributed by atoms with Gasteiger partial charge in [0.1, 0.15) is 0 Å². The molecule has 2 unspecified atom stereocenters. The van der Waals surface area contributed by atoms with E-state index >= 15 is 0 Å². The summed E-state index contributed by atoms with van der Waals surface area (Å²) in [5, 5.41) is 0. The molecule has 1 amide bonds. The number of hydrogen-bond acceptors (Lipinski definition) is 2. The average molecular weight is 393 g/mol. The Kier molecular flexibility index (Phi) is 4.46. The largest absolute Gasteiger partial charge is 0.339 e. The predicted octanol–water partition coefficient (Wildman–Crippen LogP) is 5.64. The Bertz CT molecular complexity index is 860. The van der Waals surface area contributed by atoms with Gasteiger partial charge in [0.2, 0.25) is 5.91 Å². The van der Waals surface area contributed by atoms with Crippen molar-refractivity contribution in [3.8, 4) is 0 Å². The van der Waals surface area contributed by atoms with Crippen LogP contribution in [0.1, 0.15) is 76.8 Å². The second-order valence-electron chi connectivity index (χ2n) is 10.9. The molecule has 0 aromatic carbocycles. The van der Waals surface area contributed by atoms with Crippen LogP contribution >= 0.6 is 0 Å².